The number of hydrogen-bond acceptors (Lipinski definition) is 26. The molecule has 26 nitrogen and oxygen atoms in total. The van der Waals surface area contributed by atoms with E-state index in [9.17, 15) is 123 Å². The van der Waals surface area contributed by atoms with Crippen molar-refractivity contribution in [3.63, 3.8) is 0 Å². The summed E-state index contributed by atoms with van der Waals surface area (Å²) in [6, 6.07) is 36.2. The van der Waals surface area contributed by atoms with Crippen LogP contribution >= 0.6 is 0 Å². The van der Waals surface area contributed by atoms with E-state index in [4.69, 9.17) is 23.7 Å². The van der Waals surface area contributed by atoms with Crippen LogP contribution < -0.4 is 23.7 Å². The summed E-state index contributed by atoms with van der Waals surface area (Å²) in [5.74, 6) is -21.5. The van der Waals surface area contributed by atoms with Gasteiger partial charge in [-0.05, 0) is 144 Å². The van der Waals surface area contributed by atoms with Crippen molar-refractivity contribution < 1.29 is 152 Å². The van der Waals surface area contributed by atoms with Crippen LogP contribution in [0.5, 0.6) is 40.2 Å². The molecule has 0 spiro atoms. The molecule has 10 aromatic rings. The molecule has 0 fully saturated rings. The van der Waals surface area contributed by atoms with Crippen molar-refractivity contribution in [3.05, 3.63) is 293 Å². The first-order valence-electron chi connectivity index (χ1n) is 32.8. The lowest BCUT2D eigenvalue weighted by molar-refractivity contribution is 0.0597. The van der Waals surface area contributed by atoms with Gasteiger partial charge in [0.1, 0.15) is 77.6 Å². The minimum atomic E-state index is -5.71. The Balaban J connectivity index is 0.000000233. The molecular weight excluding hydrogens is 1720 g/mol. The fourth-order valence-corrected chi connectivity index (χ4v) is 14.6. The molecule has 0 aromatic heterocycles. The van der Waals surface area contributed by atoms with Crippen molar-refractivity contribution in [2.24, 2.45) is 0 Å². The predicted octanol–water partition coefficient (Wildman–Crippen LogP) is 15.1. The molecule has 0 N–H and O–H groups in total. The summed E-state index contributed by atoms with van der Waals surface area (Å²) < 4.78 is 321. The van der Waals surface area contributed by atoms with E-state index in [2.05, 4.69) is 37.6 Å². The number of methoxy groups -OCH3 is 4. The molecule has 10 rings (SSSR count). The molecule has 632 valence electrons. The van der Waals surface area contributed by atoms with Crippen LogP contribution in [0.2, 0.25) is 0 Å². The first kappa shape index (κ1) is 96.4. The van der Waals surface area contributed by atoms with Gasteiger partial charge in [0, 0.05) is 16.0 Å². The lowest BCUT2D eigenvalue weighted by Gasteiger charge is -2.19. The van der Waals surface area contributed by atoms with Crippen LogP contribution in [-0.2, 0) is 66.1 Å². The summed E-state index contributed by atoms with van der Waals surface area (Å²) >= 11 is 0. The molecule has 0 heterocycles. The Hall–Kier alpha value is -12.5. The fraction of sp³-hybridized carbons (Fsp3) is 0.0750. The number of rotatable bonds is 25. The zero-order valence-electron chi connectivity index (χ0n) is 62.5. The van der Waals surface area contributed by atoms with E-state index in [1.807, 2.05) is 0 Å². The lowest BCUT2D eigenvalue weighted by atomic mass is 9.96. The van der Waals surface area contributed by atoms with Crippen molar-refractivity contribution in [1.82, 2.24) is 0 Å². The second-order valence-corrected chi connectivity index (χ2v) is 31.7. The van der Waals surface area contributed by atoms with Crippen molar-refractivity contribution >= 4 is 115 Å². The highest BCUT2D eigenvalue weighted by atomic mass is 32.2. The van der Waals surface area contributed by atoms with Gasteiger partial charge in [0.15, 0.2) is 69.6 Å². The zero-order chi connectivity index (χ0) is 90.2. The maximum Gasteiger partial charge on any atom is 0.338 e. The Morgan fingerprint density at radius 3 is 1.09 bits per heavy atom. The number of Topliss-reactive ketones (excluding diaryl/α,β-unsaturated/α-hetero) is 2. The number of esters is 1. The lowest BCUT2D eigenvalue weighted by Crippen LogP contribution is -2.18. The van der Waals surface area contributed by atoms with Crippen molar-refractivity contribution in [2.45, 2.75) is 48.1 Å². The summed E-state index contributed by atoms with van der Waals surface area (Å²) in [6.45, 7) is 19.4. The standard InChI is InChI=1S/C18H14F2O6S.C17H14O6S.C16H14F2O6S.C15H14O5S2.C14H8F4O3S/c1-4-11-5-7-12(8-6-11)26-17-15(19)13(9(2)21)18(27(23,24)25)14(10(3)22)16(17)20;1-3-11-4-9-14(15(10-11)17(19)23-2)16(18)12-5-7-13(8-6-12)24(20,21)22;1-4-9-5-7-10(8-6-9)24-15-13(22-2)11(17)16(25(19,20)21)12(18)14(15)23-3;1-3-11-4-9-15(14(10-11)20-2)21(16)12-5-7-13(8-6-12)22(17,18)19;1-2-7-3-5-8(6-4-7)9-10(15)12(17)14(22(19,20)21)13(18)11(9)16/h4-8H,1H2,2-3H3,(H,23,24,25);3-10H,1H2,2H3,(H,20,21,22);4-8H,1H2,2-3H3,(H,19,20,21);3-10H,1H2,2H3,(H,17,18,19);2-6H,1H2,(H,19,20,21)/p-5. The number of benzene rings is 10. The van der Waals surface area contributed by atoms with E-state index in [0.717, 1.165) is 63.5 Å². The number of halogens is 8. The molecule has 40 heteroatoms. The predicted molar refractivity (Wildman–Crippen MR) is 413 cm³/mol. The second-order valence-electron chi connectivity index (χ2n) is 23.5. The number of ketones is 3. The van der Waals surface area contributed by atoms with Crippen LogP contribution in [0.4, 0.5) is 35.1 Å². The van der Waals surface area contributed by atoms with Crippen LogP contribution in [0.3, 0.4) is 0 Å². The van der Waals surface area contributed by atoms with E-state index >= 15 is 0 Å². The highest BCUT2D eigenvalue weighted by Gasteiger charge is 2.35. The topological polar surface area (TPSA) is 427 Å². The summed E-state index contributed by atoms with van der Waals surface area (Å²) in [5, 5.41) is 0. The van der Waals surface area contributed by atoms with Gasteiger partial charge in [-0.25, -0.2) is 86.2 Å². The Morgan fingerprint density at radius 1 is 0.375 bits per heavy atom. The third kappa shape index (κ3) is 23.1. The molecule has 10 aromatic carbocycles. The molecule has 0 aliphatic carbocycles. The first-order valence-corrected chi connectivity index (χ1v) is 40.9. The van der Waals surface area contributed by atoms with Gasteiger partial charge in [-0.3, -0.25) is 14.4 Å². The average molecular weight is 1780 g/mol. The molecule has 1 unspecified atom stereocenters. The van der Waals surface area contributed by atoms with Crippen molar-refractivity contribution in [2.75, 3.05) is 28.4 Å². The van der Waals surface area contributed by atoms with Crippen LogP contribution in [0.25, 0.3) is 41.5 Å². The third-order valence-electron chi connectivity index (χ3n) is 16.0. The van der Waals surface area contributed by atoms with Crippen molar-refractivity contribution in [1.29, 1.82) is 0 Å². The largest absolute Gasteiger partial charge is 0.744 e. The molecule has 0 radical (unpaired) electrons. The number of carbonyl (C=O) groups is 4. The van der Waals surface area contributed by atoms with Crippen molar-refractivity contribution in [3.8, 4) is 51.4 Å². The van der Waals surface area contributed by atoms with Gasteiger partial charge in [0.2, 0.25) is 17.2 Å². The van der Waals surface area contributed by atoms with E-state index in [1.54, 1.807) is 48.6 Å². The quantitative estimate of drug-likeness (QED) is 0.0169. The molecule has 0 saturated heterocycles. The number of ether oxygens (including phenoxy) is 6. The van der Waals surface area contributed by atoms with Crippen LogP contribution in [0, 0.1) is 46.5 Å². The van der Waals surface area contributed by atoms with Gasteiger partial charge in [0.25, 0.3) is 0 Å². The van der Waals surface area contributed by atoms with Crippen LogP contribution in [0.1, 0.15) is 88.7 Å². The summed E-state index contributed by atoms with van der Waals surface area (Å²) in [7, 11) is -22.7. The van der Waals surface area contributed by atoms with Gasteiger partial charge in [-0.1, -0.05) is 124 Å². The minimum Gasteiger partial charge on any atom is -0.744 e. The maximum absolute atomic E-state index is 14.7. The number of hydrogen-bond donors (Lipinski definition) is 0. The molecule has 0 amide bonds. The van der Waals surface area contributed by atoms with Gasteiger partial charge < -0.3 is 51.2 Å². The van der Waals surface area contributed by atoms with Gasteiger partial charge in [-0.2, -0.15) is 0 Å². The second kappa shape index (κ2) is 40.3. The molecular formula is C80H59F8O26S6-5. The highest BCUT2D eigenvalue weighted by Crippen LogP contribution is 2.48. The minimum absolute atomic E-state index is 0.0554. The van der Waals surface area contributed by atoms with E-state index in [-0.39, 0.29) is 38.6 Å². The molecule has 120 heavy (non-hydrogen) atoms. The fourth-order valence-electron chi connectivity index (χ4n) is 10.3. The Bertz CT molecular complexity index is 6250. The monoisotopic (exact) mass is 1780 g/mol. The Labute approximate surface area is 683 Å². The van der Waals surface area contributed by atoms with Gasteiger partial charge in [0.05, 0.1) is 81.1 Å². The molecule has 0 saturated carbocycles. The van der Waals surface area contributed by atoms with Crippen LogP contribution in [0.15, 0.2) is 225 Å². The summed E-state index contributed by atoms with van der Waals surface area (Å²) in [5.41, 5.74) is 0.0372. The zero-order valence-corrected chi connectivity index (χ0v) is 67.4. The number of carbonyl (C=O) groups excluding carboxylic acids is 4. The third-order valence-corrected chi connectivity index (χ3v) is 21.7. The smallest absolute Gasteiger partial charge is 0.338 e. The highest BCUT2D eigenvalue weighted by molar-refractivity contribution is 7.87. The SMILES string of the molecule is C=Cc1ccc(-c2c(F)c(F)c(S(=O)(=O)[O-])c(F)c2F)cc1.C=Cc1ccc(C(=O)c2ccc(S(=O)(=O)[O-])cc2)c(C(=O)OC)c1.C=Cc1ccc(Oc2c(F)c(C(C)=O)c(S(=O)(=O)[O-])c(C(C)=O)c2F)cc1.C=Cc1ccc(Oc2c(OC)c(F)c(S(=O)(=O)[O-])c(F)c2OC)cc1.C=Cc1ccc(S(=O)c2ccc(S(=O)(=O)[O-])cc2)c(OC)c1. The first-order chi connectivity index (χ1) is 56.0. The molecule has 0 bridgehead atoms. The maximum atomic E-state index is 14.7. The molecule has 0 aliphatic heterocycles. The van der Waals surface area contributed by atoms with E-state index in [1.165, 1.54) is 130 Å². The summed E-state index contributed by atoms with van der Waals surface area (Å²) in [4.78, 5) is 42.6. The Kier molecular flexibility index (Phi) is 32.4. The van der Waals surface area contributed by atoms with E-state index < -0.39 is 191 Å². The molecule has 1 atom stereocenters. The average Bonchev–Trinajstić information content (AvgIpc) is 0.752. The normalized spacial score (nSPS) is 11.4. The molecule has 0 aliphatic rings. The van der Waals surface area contributed by atoms with Gasteiger partial charge >= 0.3 is 5.97 Å². The van der Waals surface area contributed by atoms with E-state index in [0.29, 0.717) is 32.2 Å². The summed E-state index contributed by atoms with van der Waals surface area (Å²) in [6.07, 6.45) is 7.70. The Morgan fingerprint density at radius 2 is 0.733 bits per heavy atom. The van der Waals surface area contributed by atoms with Crippen LogP contribution in [-0.4, -0.2) is 121 Å². The van der Waals surface area contributed by atoms with Gasteiger partial charge in [-0.15, -0.1) is 0 Å².